The monoisotopic (exact) mass is 372 g/mol. The van der Waals surface area contributed by atoms with Gasteiger partial charge in [0.15, 0.2) is 0 Å². The maximum atomic E-state index is 11.6. The number of ether oxygens (including phenoxy) is 1. The van der Waals surface area contributed by atoms with E-state index in [0.29, 0.717) is 24.9 Å². The van der Waals surface area contributed by atoms with E-state index in [1.807, 2.05) is 17.0 Å². The Hall–Kier alpha value is -3.10. The highest BCUT2D eigenvalue weighted by Crippen LogP contribution is 2.36. The number of rotatable bonds is 5. The van der Waals surface area contributed by atoms with Crippen molar-refractivity contribution in [3.05, 3.63) is 34.4 Å². The summed E-state index contributed by atoms with van der Waals surface area (Å²) in [5.74, 6) is 1.91. The molecule has 2 heterocycles. The highest BCUT2D eigenvalue weighted by molar-refractivity contribution is 5.72. The van der Waals surface area contributed by atoms with Gasteiger partial charge in [-0.2, -0.15) is 9.97 Å². The number of nitrogens with zero attached hydrogens (tertiary/aromatic N) is 4. The predicted octanol–water partition coefficient (Wildman–Crippen LogP) is 3.20. The van der Waals surface area contributed by atoms with Crippen LogP contribution in [0.15, 0.2) is 24.3 Å². The lowest BCUT2D eigenvalue weighted by Gasteiger charge is -2.35. The number of methoxy groups -OCH3 is 1. The second kappa shape index (κ2) is 7.65. The van der Waals surface area contributed by atoms with E-state index in [1.165, 1.54) is 0 Å². The first kappa shape index (κ1) is 18.7. The van der Waals surface area contributed by atoms with Gasteiger partial charge in [-0.25, -0.2) is 0 Å². The van der Waals surface area contributed by atoms with Crippen LogP contribution in [0.2, 0.25) is 0 Å². The quantitative estimate of drug-likeness (QED) is 0.606. The number of hydrogen-bond acceptors (Lipinski definition) is 8. The van der Waals surface area contributed by atoms with Gasteiger partial charge in [0.25, 0.3) is 0 Å². The molecule has 2 atom stereocenters. The van der Waals surface area contributed by atoms with Gasteiger partial charge in [-0.1, -0.05) is 13.8 Å². The largest absolute Gasteiger partial charge is 0.497 e. The fraction of sp³-hybridized carbons (Fsp3) is 0.444. The Kier molecular flexibility index (Phi) is 5.29. The molecular weight excluding hydrogens is 348 g/mol. The van der Waals surface area contributed by atoms with Crippen LogP contribution in [0.3, 0.4) is 0 Å². The molecule has 1 aromatic heterocycles. The Morgan fingerprint density at radius 3 is 2.41 bits per heavy atom. The van der Waals surface area contributed by atoms with Crippen LogP contribution in [-0.4, -0.2) is 35.1 Å². The summed E-state index contributed by atoms with van der Waals surface area (Å²) in [5.41, 5.74) is 6.41. The Morgan fingerprint density at radius 2 is 1.85 bits per heavy atom. The van der Waals surface area contributed by atoms with Crippen LogP contribution >= 0.6 is 0 Å². The van der Waals surface area contributed by atoms with Crippen LogP contribution in [0.1, 0.15) is 20.3 Å². The number of benzene rings is 1. The molecule has 3 rings (SSSR count). The molecule has 27 heavy (non-hydrogen) atoms. The number of nitrogens with two attached hydrogens (primary N) is 1. The lowest BCUT2D eigenvalue weighted by molar-refractivity contribution is -0.383. The smallest absolute Gasteiger partial charge is 0.353 e. The Bertz CT molecular complexity index is 817. The van der Waals surface area contributed by atoms with Crippen molar-refractivity contribution in [3.8, 4) is 5.75 Å². The third kappa shape index (κ3) is 4.18. The van der Waals surface area contributed by atoms with Crippen LogP contribution in [0, 0.1) is 22.0 Å². The van der Waals surface area contributed by atoms with Crippen molar-refractivity contribution in [2.24, 2.45) is 11.8 Å². The molecule has 3 N–H and O–H groups in total. The topological polar surface area (TPSA) is 119 Å². The van der Waals surface area contributed by atoms with Gasteiger partial charge in [-0.3, -0.25) is 10.1 Å². The SMILES string of the molecule is COc1ccc(Nc2nc(N)c([N+](=O)[O-])c(N3C[C@H](C)C[C@@H](C)C3)n2)cc1. The zero-order valence-electron chi connectivity index (χ0n) is 15.7. The van der Waals surface area contributed by atoms with Gasteiger partial charge >= 0.3 is 5.69 Å². The van der Waals surface area contributed by atoms with Crippen molar-refractivity contribution in [3.63, 3.8) is 0 Å². The van der Waals surface area contributed by atoms with Crippen LogP contribution in [-0.2, 0) is 0 Å². The number of nitrogens with one attached hydrogen (secondary N) is 1. The molecule has 1 saturated heterocycles. The Balaban J connectivity index is 1.96. The van der Waals surface area contributed by atoms with E-state index < -0.39 is 4.92 Å². The van der Waals surface area contributed by atoms with Crippen molar-refractivity contribution in [2.45, 2.75) is 20.3 Å². The fourth-order valence-electron chi connectivity index (χ4n) is 3.55. The minimum Gasteiger partial charge on any atom is -0.497 e. The summed E-state index contributed by atoms with van der Waals surface area (Å²) in [6.45, 7) is 5.67. The van der Waals surface area contributed by atoms with Crippen molar-refractivity contribution in [1.82, 2.24) is 9.97 Å². The molecule has 0 bridgehead atoms. The van der Waals surface area contributed by atoms with E-state index in [4.69, 9.17) is 10.5 Å². The Labute approximate surface area is 157 Å². The van der Waals surface area contributed by atoms with Crippen LogP contribution in [0.5, 0.6) is 5.75 Å². The van der Waals surface area contributed by atoms with E-state index in [1.54, 1.807) is 19.2 Å². The summed E-state index contributed by atoms with van der Waals surface area (Å²) in [7, 11) is 1.59. The summed E-state index contributed by atoms with van der Waals surface area (Å²) >= 11 is 0. The summed E-state index contributed by atoms with van der Waals surface area (Å²) in [6.07, 6.45) is 1.09. The van der Waals surface area contributed by atoms with E-state index in [2.05, 4.69) is 29.1 Å². The maximum Gasteiger partial charge on any atom is 0.353 e. The average molecular weight is 372 g/mol. The van der Waals surface area contributed by atoms with Crippen molar-refractivity contribution in [1.29, 1.82) is 0 Å². The van der Waals surface area contributed by atoms with E-state index in [-0.39, 0.29) is 23.3 Å². The molecule has 0 aliphatic carbocycles. The second-order valence-corrected chi connectivity index (χ2v) is 7.07. The van der Waals surface area contributed by atoms with Crippen LogP contribution in [0.4, 0.5) is 29.0 Å². The number of nitrogen functional groups attached to an aromatic ring is 1. The molecule has 1 aliphatic rings. The van der Waals surface area contributed by atoms with Gasteiger partial charge in [0.1, 0.15) is 5.75 Å². The van der Waals surface area contributed by atoms with Crippen molar-refractivity contribution < 1.29 is 9.66 Å². The van der Waals surface area contributed by atoms with Gasteiger partial charge in [-0.15, -0.1) is 0 Å². The standard InChI is InChI=1S/C18H24N6O3/c1-11-8-12(2)10-23(9-11)17-15(24(25)26)16(19)21-18(22-17)20-13-4-6-14(27-3)7-5-13/h4-7,11-12H,8-10H2,1-3H3,(H3,19,20,21,22)/t11-,12-/m1/s1. The molecule has 9 nitrogen and oxygen atoms in total. The molecule has 0 amide bonds. The van der Waals surface area contributed by atoms with Crippen LogP contribution in [0.25, 0.3) is 0 Å². The number of piperidine rings is 1. The van der Waals surface area contributed by atoms with Gasteiger partial charge < -0.3 is 20.7 Å². The number of nitro groups is 1. The molecular formula is C18H24N6O3. The normalized spacial score (nSPS) is 19.6. The number of aromatic nitrogens is 2. The van der Waals surface area contributed by atoms with E-state index in [9.17, 15) is 10.1 Å². The van der Waals surface area contributed by atoms with Crippen molar-refractivity contribution >= 4 is 29.0 Å². The van der Waals surface area contributed by atoms with Gasteiger partial charge in [0, 0.05) is 18.8 Å². The number of anilines is 4. The van der Waals surface area contributed by atoms with E-state index >= 15 is 0 Å². The lowest BCUT2D eigenvalue weighted by atomic mass is 9.92. The molecule has 0 radical (unpaired) electrons. The second-order valence-electron chi connectivity index (χ2n) is 7.07. The van der Waals surface area contributed by atoms with Gasteiger partial charge in [0.2, 0.25) is 17.6 Å². The van der Waals surface area contributed by atoms with Crippen molar-refractivity contribution in [2.75, 3.05) is 36.1 Å². The first-order valence-electron chi connectivity index (χ1n) is 8.85. The number of hydrogen-bond donors (Lipinski definition) is 2. The first-order chi connectivity index (χ1) is 12.9. The predicted molar refractivity (Wildman–Crippen MR) is 105 cm³/mol. The molecule has 1 fully saturated rings. The van der Waals surface area contributed by atoms with E-state index in [0.717, 1.165) is 17.9 Å². The molecule has 9 heteroatoms. The van der Waals surface area contributed by atoms with Crippen LogP contribution < -0.4 is 20.7 Å². The molecule has 144 valence electrons. The highest BCUT2D eigenvalue weighted by atomic mass is 16.6. The summed E-state index contributed by atoms with van der Waals surface area (Å²) < 4.78 is 5.14. The highest BCUT2D eigenvalue weighted by Gasteiger charge is 2.31. The Morgan fingerprint density at radius 1 is 1.22 bits per heavy atom. The lowest BCUT2D eigenvalue weighted by Crippen LogP contribution is -2.39. The first-order valence-corrected chi connectivity index (χ1v) is 8.85. The molecule has 1 aliphatic heterocycles. The fourth-order valence-corrected chi connectivity index (χ4v) is 3.55. The molecule has 1 aromatic carbocycles. The third-order valence-corrected chi connectivity index (χ3v) is 4.59. The van der Waals surface area contributed by atoms with Gasteiger partial charge in [0.05, 0.1) is 12.0 Å². The third-order valence-electron chi connectivity index (χ3n) is 4.59. The summed E-state index contributed by atoms with van der Waals surface area (Å²) in [6, 6.07) is 7.22. The zero-order valence-corrected chi connectivity index (χ0v) is 15.7. The summed E-state index contributed by atoms with van der Waals surface area (Å²) in [4.78, 5) is 21.5. The van der Waals surface area contributed by atoms with Gasteiger partial charge in [-0.05, 0) is 42.5 Å². The maximum absolute atomic E-state index is 11.6. The molecule has 2 aromatic rings. The molecule has 0 unspecified atom stereocenters. The molecule has 0 spiro atoms. The zero-order chi connectivity index (χ0) is 19.6. The average Bonchev–Trinajstić information content (AvgIpc) is 2.60. The molecule has 0 saturated carbocycles. The minimum atomic E-state index is -0.508. The minimum absolute atomic E-state index is 0.146. The summed E-state index contributed by atoms with van der Waals surface area (Å²) in [5, 5.41) is 14.6.